The summed E-state index contributed by atoms with van der Waals surface area (Å²) in [7, 11) is 0. The van der Waals surface area contributed by atoms with Crippen LogP contribution in [0.1, 0.15) is 13.8 Å². The summed E-state index contributed by atoms with van der Waals surface area (Å²) in [5.74, 6) is 2.02. The zero-order chi connectivity index (χ0) is 9.40. The minimum atomic E-state index is 0.113. The van der Waals surface area contributed by atoms with Crippen molar-refractivity contribution in [1.29, 1.82) is 0 Å². The van der Waals surface area contributed by atoms with Crippen molar-refractivity contribution in [3.63, 3.8) is 0 Å². The largest absolute Gasteiger partial charge is 0.355 e. The molecule has 0 aromatic heterocycles. The van der Waals surface area contributed by atoms with Crippen molar-refractivity contribution in [2.75, 3.05) is 24.6 Å². The third-order valence-corrected chi connectivity index (χ3v) is 2.19. The van der Waals surface area contributed by atoms with E-state index in [0.717, 1.165) is 12.3 Å². The summed E-state index contributed by atoms with van der Waals surface area (Å²) >= 11 is 1.58. The van der Waals surface area contributed by atoms with Crippen LogP contribution < -0.4 is 11.1 Å². The maximum Gasteiger partial charge on any atom is 0.230 e. The maximum atomic E-state index is 11.0. The van der Waals surface area contributed by atoms with Gasteiger partial charge in [0.05, 0.1) is 5.75 Å². The van der Waals surface area contributed by atoms with Crippen LogP contribution in [-0.2, 0) is 4.79 Å². The molecule has 0 atom stereocenters. The summed E-state index contributed by atoms with van der Waals surface area (Å²) < 4.78 is 0. The standard InChI is InChI=1S/C8H18N2OS/c1-7(2)5-10-8(11)6-12-4-3-9/h7H,3-6,9H2,1-2H3,(H,10,11). The van der Waals surface area contributed by atoms with Crippen LogP contribution in [0.5, 0.6) is 0 Å². The van der Waals surface area contributed by atoms with Crippen molar-refractivity contribution in [2.24, 2.45) is 11.7 Å². The zero-order valence-electron chi connectivity index (χ0n) is 7.80. The zero-order valence-corrected chi connectivity index (χ0v) is 8.62. The average Bonchev–Trinajstić information content (AvgIpc) is 2.01. The Hall–Kier alpha value is -0.220. The molecule has 0 rings (SSSR count). The number of carbonyl (C=O) groups is 1. The molecule has 0 saturated carbocycles. The Kier molecular flexibility index (Phi) is 7.29. The molecule has 0 aromatic rings. The van der Waals surface area contributed by atoms with E-state index in [4.69, 9.17) is 5.73 Å². The molecular weight excluding hydrogens is 172 g/mol. The predicted molar refractivity (Wildman–Crippen MR) is 54.2 cm³/mol. The van der Waals surface area contributed by atoms with Gasteiger partial charge in [-0.1, -0.05) is 13.8 Å². The quantitative estimate of drug-likeness (QED) is 0.598. The highest BCUT2D eigenvalue weighted by Crippen LogP contribution is 1.96. The summed E-state index contributed by atoms with van der Waals surface area (Å²) in [6.07, 6.45) is 0. The maximum absolute atomic E-state index is 11.0. The van der Waals surface area contributed by atoms with Crippen LogP contribution in [0.4, 0.5) is 0 Å². The van der Waals surface area contributed by atoms with E-state index in [1.165, 1.54) is 0 Å². The van der Waals surface area contributed by atoms with Crippen LogP contribution in [0.3, 0.4) is 0 Å². The summed E-state index contributed by atoms with van der Waals surface area (Å²) in [5, 5.41) is 2.84. The van der Waals surface area contributed by atoms with Gasteiger partial charge in [-0.25, -0.2) is 0 Å². The Labute approximate surface area is 78.5 Å². The summed E-state index contributed by atoms with van der Waals surface area (Å²) in [5.41, 5.74) is 5.28. The lowest BCUT2D eigenvalue weighted by atomic mass is 10.2. The first-order valence-electron chi connectivity index (χ1n) is 4.21. The molecule has 4 heteroatoms. The van der Waals surface area contributed by atoms with E-state index < -0.39 is 0 Å². The van der Waals surface area contributed by atoms with E-state index in [1.54, 1.807) is 11.8 Å². The van der Waals surface area contributed by atoms with Gasteiger partial charge in [0.1, 0.15) is 0 Å². The molecule has 0 heterocycles. The van der Waals surface area contributed by atoms with Gasteiger partial charge in [-0.3, -0.25) is 4.79 Å². The molecule has 0 radical (unpaired) electrons. The van der Waals surface area contributed by atoms with Gasteiger partial charge >= 0.3 is 0 Å². The Morgan fingerprint density at radius 2 is 2.25 bits per heavy atom. The van der Waals surface area contributed by atoms with Gasteiger partial charge in [0.25, 0.3) is 0 Å². The van der Waals surface area contributed by atoms with Gasteiger partial charge < -0.3 is 11.1 Å². The topological polar surface area (TPSA) is 55.1 Å². The Morgan fingerprint density at radius 1 is 1.58 bits per heavy atom. The molecule has 0 fully saturated rings. The molecule has 72 valence electrons. The molecule has 1 amide bonds. The first kappa shape index (κ1) is 11.8. The van der Waals surface area contributed by atoms with Gasteiger partial charge in [0, 0.05) is 18.8 Å². The van der Waals surface area contributed by atoms with Crippen molar-refractivity contribution in [3.05, 3.63) is 0 Å². The van der Waals surface area contributed by atoms with Crippen LogP contribution in [0, 0.1) is 5.92 Å². The summed E-state index contributed by atoms with van der Waals surface area (Å²) in [4.78, 5) is 11.0. The fourth-order valence-corrected chi connectivity index (χ4v) is 1.22. The first-order valence-corrected chi connectivity index (χ1v) is 5.36. The van der Waals surface area contributed by atoms with E-state index in [1.807, 2.05) is 0 Å². The number of nitrogens with two attached hydrogens (primary N) is 1. The third-order valence-electron chi connectivity index (χ3n) is 1.20. The van der Waals surface area contributed by atoms with E-state index in [9.17, 15) is 4.79 Å². The average molecular weight is 190 g/mol. The molecule has 0 aromatic carbocycles. The fourth-order valence-electron chi connectivity index (χ4n) is 0.617. The Morgan fingerprint density at radius 3 is 2.75 bits per heavy atom. The van der Waals surface area contributed by atoms with Crippen molar-refractivity contribution in [3.8, 4) is 0 Å². The lowest BCUT2D eigenvalue weighted by Gasteiger charge is -2.06. The highest BCUT2D eigenvalue weighted by Gasteiger charge is 2.00. The Balaban J connectivity index is 3.22. The van der Waals surface area contributed by atoms with Crippen LogP contribution in [0.2, 0.25) is 0 Å². The van der Waals surface area contributed by atoms with Gasteiger partial charge in [-0.2, -0.15) is 11.8 Å². The molecule has 0 bridgehead atoms. The lowest BCUT2D eigenvalue weighted by molar-refractivity contribution is -0.118. The van der Waals surface area contributed by atoms with Crippen molar-refractivity contribution >= 4 is 17.7 Å². The molecule has 0 unspecified atom stereocenters. The minimum Gasteiger partial charge on any atom is -0.355 e. The molecule has 0 spiro atoms. The van der Waals surface area contributed by atoms with Crippen LogP contribution >= 0.6 is 11.8 Å². The number of rotatable bonds is 6. The van der Waals surface area contributed by atoms with Crippen molar-refractivity contribution in [1.82, 2.24) is 5.32 Å². The van der Waals surface area contributed by atoms with E-state index in [0.29, 0.717) is 18.2 Å². The summed E-state index contributed by atoms with van der Waals surface area (Å²) in [6, 6.07) is 0. The van der Waals surface area contributed by atoms with Crippen molar-refractivity contribution < 1.29 is 4.79 Å². The monoisotopic (exact) mass is 190 g/mol. The molecule has 3 nitrogen and oxygen atoms in total. The van der Waals surface area contributed by atoms with E-state index >= 15 is 0 Å². The summed E-state index contributed by atoms with van der Waals surface area (Å²) in [6.45, 7) is 5.56. The molecule has 3 N–H and O–H groups in total. The number of nitrogens with one attached hydrogen (secondary N) is 1. The second kappa shape index (κ2) is 7.43. The number of carbonyl (C=O) groups excluding carboxylic acids is 1. The number of thioether (sulfide) groups is 1. The number of amides is 1. The molecule has 0 aliphatic carbocycles. The van der Waals surface area contributed by atoms with E-state index in [2.05, 4.69) is 19.2 Å². The van der Waals surface area contributed by atoms with Gasteiger partial charge in [0.2, 0.25) is 5.91 Å². The molecule has 12 heavy (non-hydrogen) atoms. The second-order valence-corrected chi connectivity index (χ2v) is 4.14. The van der Waals surface area contributed by atoms with Crippen molar-refractivity contribution in [2.45, 2.75) is 13.8 Å². The van der Waals surface area contributed by atoms with E-state index in [-0.39, 0.29) is 5.91 Å². The van der Waals surface area contributed by atoms with Gasteiger partial charge in [-0.15, -0.1) is 0 Å². The smallest absolute Gasteiger partial charge is 0.230 e. The molecule has 0 aliphatic heterocycles. The van der Waals surface area contributed by atoms with Crippen LogP contribution in [-0.4, -0.2) is 30.5 Å². The highest BCUT2D eigenvalue weighted by atomic mass is 32.2. The van der Waals surface area contributed by atoms with Crippen LogP contribution in [0.25, 0.3) is 0 Å². The first-order chi connectivity index (χ1) is 5.66. The lowest BCUT2D eigenvalue weighted by Crippen LogP contribution is -2.29. The Bertz CT molecular complexity index is 128. The highest BCUT2D eigenvalue weighted by molar-refractivity contribution is 7.99. The van der Waals surface area contributed by atoms with Gasteiger partial charge in [0.15, 0.2) is 0 Å². The molecule has 0 saturated heterocycles. The normalized spacial score (nSPS) is 10.3. The SMILES string of the molecule is CC(C)CNC(=O)CSCCN. The third kappa shape index (κ3) is 7.88. The molecular formula is C8H18N2OS. The number of hydrogen-bond donors (Lipinski definition) is 2. The number of hydrogen-bond acceptors (Lipinski definition) is 3. The predicted octanol–water partition coefficient (Wildman–Crippen LogP) is 0.451. The second-order valence-electron chi connectivity index (χ2n) is 3.04. The van der Waals surface area contributed by atoms with Crippen LogP contribution in [0.15, 0.2) is 0 Å². The molecule has 0 aliphatic rings. The fraction of sp³-hybridized carbons (Fsp3) is 0.875. The minimum absolute atomic E-state index is 0.113. The van der Waals surface area contributed by atoms with Gasteiger partial charge in [-0.05, 0) is 5.92 Å².